The van der Waals surface area contributed by atoms with Gasteiger partial charge in [0.1, 0.15) is 11.5 Å². The molecule has 2 N–H and O–H groups in total. The maximum atomic E-state index is 12.8. The third kappa shape index (κ3) is 2.19. The van der Waals surface area contributed by atoms with Crippen LogP contribution in [0.15, 0.2) is 30.3 Å². The zero-order valence-electron chi connectivity index (χ0n) is 12.7. The van der Waals surface area contributed by atoms with E-state index in [4.69, 9.17) is 0 Å². The highest BCUT2D eigenvalue weighted by atomic mass is 16.5. The van der Waals surface area contributed by atoms with Gasteiger partial charge in [0.15, 0.2) is 5.60 Å². The Hall–Kier alpha value is -2.73. The number of hydrogen-bond donors (Lipinski definition) is 2. The first-order valence-corrected chi connectivity index (χ1v) is 7.06. The van der Waals surface area contributed by atoms with E-state index in [1.807, 2.05) is 0 Å². The highest BCUT2D eigenvalue weighted by Gasteiger charge is 2.46. The molecule has 0 spiro atoms. The first kappa shape index (κ1) is 15.2. The van der Waals surface area contributed by atoms with Crippen LogP contribution in [-0.4, -0.2) is 34.7 Å². The fraction of sp³-hybridized carbons (Fsp3) is 0.235. The van der Waals surface area contributed by atoms with Gasteiger partial charge in [0.25, 0.3) is 0 Å². The standard InChI is InChI=1S/C17H15NO5/c1-9(19)8-17(22)12-6-4-3-5-10(12)14-11(15(17)20)7-13(18-14)16(21)23-2/h3-7,18,22H,8H2,1-2H3. The Bertz CT molecular complexity index is 835. The molecule has 1 aliphatic carbocycles. The van der Waals surface area contributed by atoms with E-state index in [1.165, 1.54) is 20.1 Å². The number of benzene rings is 1. The van der Waals surface area contributed by atoms with E-state index < -0.39 is 17.4 Å². The smallest absolute Gasteiger partial charge is 0.354 e. The van der Waals surface area contributed by atoms with Gasteiger partial charge in [-0.3, -0.25) is 9.59 Å². The van der Waals surface area contributed by atoms with Gasteiger partial charge in [0.2, 0.25) is 5.78 Å². The van der Waals surface area contributed by atoms with Crippen LogP contribution in [0.1, 0.15) is 39.8 Å². The van der Waals surface area contributed by atoms with Gasteiger partial charge in [-0.25, -0.2) is 4.79 Å². The Labute approximate surface area is 132 Å². The lowest BCUT2D eigenvalue weighted by Crippen LogP contribution is -2.40. The Morgan fingerprint density at radius 2 is 1.96 bits per heavy atom. The Kier molecular flexibility index (Phi) is 3.41. The minimum atomic E-state index is -1.93. The maximum Gasteiger partial charge on any atom is 0.354 e. The van der Waals surface area contributed by atoms with Crippen LogP contribution in [0.25, 0.3) is 11.3 Å². The van der Waals surface area contributed by atoms with Crippen molar-refractivity contribution in [2.45, 2.75) is 18.9 Å². The number of aromatic amines is 1. The summed E-state index contributed by atoms with van der Waals surface area (Å²) in [6.07, 6.45) is -0.318. The van der Waals surface area contributed by atoms with Gasteiger partial charge in [-0.15, -0.1) is 0 Å². The number of nitrogens with one attached hydrogen (secondary N) is 1. The van der Waals surface area contributed by atoms with Crippen molar-refractivity contribution in [1.82, 2.24) is 4.98 Å². The molecule has 1 heterocycles. The van der Waals surface area contributed by atoms with Crippen LogP contribution in [0.4, 0.5) is 0 Å². The van der Waals surface area contributed by atoms with Crippen LogP contribution in [0.3, 0.4) is 0 Å². The number of carbonyl (C=O) groups is 3. The molecule has 3 rings (SSSR count). The summed E-state index contributed by atoms with van der Waals surface area (Å²) in [4.78, 5) is 38.9. The van der Waals surface area contributed by atoms with Crippen LogP contribution in [0.5, 0.6) is 0 Å². The summed E-state index contributed by atoms with van der Waals surface area (Å²) in [6.45, 7) is 1.32. The van der Waals surface area contributed by atoms with E-state index in [2.05, 4.69) is 9.72 Å². The van der Waals surface area contributed by atoms with Gasteiger partial charge < -0.3 is 14.8 Å². The number of esters is 1. The van der Waals surface area contributed by atoms with Crippen LogP contribution < -0.4 is 0 Å². The Morgan fingerprint density at radius 1 is 1.26 bits per heavy atom. The summed E-state index contributed by atoms with van der Waals surface area (Å²) >= 11 is 0. The predicted molar refractivity (Wildman–Crippen MR) is 81.1 cm³/mol. The maximum absolute atomic E-state index is 12.8. The lowest BCUT2D eigenvalue weighted by Gasteiger charge is -2.32. The molecule has 0 amide bonds. The van der Waals surface area contributed by atoms with E-state index in [9.17, 15) is 19.5 Å². The first-order chi connectivity index (χ1) is 10.9. The van der Waals surface area contributed by atoms with Crippen molar-refractivity contribution in [2.24, 2.45) is 0 Å². The molecule has 23 heavy (non-hydrogen) atoms. The monoisotopic (exact) mass is 313 g/mol. The number of aromatic nitrogens is 1. The molecular weight excluding hydrogens is 298 g/mol. The molecule has 1 aromatic carbocycles. The number of Topliss-reactive ketones (excluding diaryl/α,β-unsaturated/α-hetero) is 2. The molecule has 0 fully saturated rings. The topological polar surface area (TPSA) is 96.5 Å². The van der Waals surface area contributed by atoms with Gasteiger partial charge in [-0.1, -0.05) is 24.3 Å². The lowest BCUT2D eigenvalue weighted by molar-refractivity contribution is -0.120. The SMILES string of the molecule is COC(=O)c1cc2c([nH]1)-c1ccccc1C(O)(CC(C)=O)C2=O. The fourth-order valence-corrected chi connectivity index (χ4v) is 3.01. The number of hydrogen-bond acceptors (Lipinski definition) is 5. The molecule has 2 aromatic rings. The van der Waals surface area contributed by atoms with Gasteiger partial charge in [0, 0.05) is 23.1 Å². The molecule has 0 aliphatic heterocycles. The summed E-state index contributed by atoms with van der Waals surface area (Å²) < 4.78 is 4.66. The Balaban J connectivity index is 2.26. The average Bonchev–Trinajstić information content (AvgIpc) is 2.97. The first-order valence-electron chi connectivity index (χ1n) is 7.06. The van der Waals surface area contributed by atoms with Crippen LogP contribution in [-0.2, 0) is 15.1 Å². The predicted octanol–water partition coefficient (Wildman–Crippen LogP) is 1.83. The zero-order valence-corrected chi connectivity index (χ0v) is 12.7. The van der Waals surface area contributed by atoms with Gasteiger partial charge >= 0.3 is 5.97 Å². The largest absolute Gasteiger partial charge is 0.464 e. The van der Waals surface area contributed by atoms with Crippen molar-refractivity contribution >= 4 is 17.5 Å². The van der Waals surface area contributed by atoms with Crippen molar-refractivity contribution in [3.05, 3.63) is 47.2 Å². The second-order valence-corrected chi connectivity index (χ2v) is 5.58. The molecule has 118 valence electrons. The number of methoxy groups -OCH3 is 1. The quantitative estimate of drug-likeness (QED) is 0.843. The third-order valence-electron chi connectivity index (χ3n) is 3.99. The van der Waals surface area contributed by atoms with Crippen molar-refractivity contribution < 1.29 is 24.2 Å². The normalized spacial score (nSPS) is 19.0. The highest BCUT2D eigenvalue weighted by molar-refractivity contribution is 6.13. The Morgan fingerprint density at radius 3 is 2.61 bits per heavy atom. The summed E-state index contributed by atoms with van der Waals surface area (Å²) in [6, 6.07) is 8.13. The van der Waals surface area contributed by atoms with Crippen molar-refractivity contribution in [3.8, 4) is 11.3 Å². The molecule has 1 aromatic heterocycles. The highest BCUT2D eigenvalue weighted by Crippen LogP contribution is 2.43. The lowest BCUT2D eigenvalue weighted by atomic mass is 9.75. The number of ether oxygens (including phenoxy) is 1. The second kappa shape index (κ2) is 5.17. The molecular formula is C17H15NO5. The molecule has 0 saturated heterocycles. The zero-order chi connectivity index (χ0) is 16.8. The van der Waals surface area contributed by atoms with Gasteiger partial charge in [0.05, 0.1) is 12.8 Å². The van der Waals surface area contributed by atoms with Crippen LogP contribution in [0.2, 0.25) is 0 Å². The third-order valence-corrected chi connectivity index (χ3v) is 3.99. The number of ketones is 2. The number of H-pyrrole nitrogens is 1. The molecule has 1 unspecified atom stereocenters. The number of rotatable bonds is 3. The average molecular weight is 313 g/mol. The van der Waals surface area contributed by atoms with E-state index in [0.29, 0.717) is 16.8 Å². The minimum Gasteiger partial charge on any atom is -0.464 e. The minimum absolute atomic E-state index is 0.118. The van der Waals surface area contributed by atoms with Gasteiger partial charge in [-0.05, 0) is 13.0 Å². The molecule has 0 radical (unpaired) electrons. The summed E-state index contributed by atoms with van der Waals surface area (Å²) in [5.41, 5.74) is -0.253. The van der Waals surface area contributed by atoms with E-state index >= 15 is 0 Å². The number of aliphatic hydroxyl groups is 1. The van der Waals surface area contributed by atoms with Crippen LogP contribution in [0, 0.1) is 0 Å². The summed E-state index contributed by atoms with van der Waals surface area (Å²) in [7, 11) is 1.24. The van der Waals surface area contributed by atoms with Gasteiger partial charge in [-0.2, -0.15) is 0 Å². The molecule has 1 aliphatic rings. The molecule has 6 heteroatoms. The van der Waals surface area contributed by atoms with Crippen molar-refractivity contribution in [3.63, 3.8) is 0 Å². The number of carbonyl (C=O) groups excluding carboxylic acids is 3. The number of fused-ring (bicyclic) bond motifs is 3. The second-order valence-electron chi connectivity index (χ2n) is 5.58. The molecule has 1 atom stereocenters. The van der Waals surface area contributed by atoms with E-state index in [-0.39, 0.29) is 23.5 Å². The van der Waals surface area contributed by atoms with E-state index in [1.54, 1.807) is 24.3 Å². The van der Waals surface area contributed by atoms with Crippen molar-refractivity contribution in [2.75, 3.05) is 7.11 Å². The van der Waals surface area contributed by atoms with Crippen molar-refractivity contribution in [1.29, 1.82) is 0 Å². The van der Waals surface area contributed by atoms with E-state index in [0.717, 1.165) is 0 Å². The molecule has 0 bridgehead atoms. The molecule has 0 saturated carbocycles. The fourth-order valence-electron chi connectivity index (χ4n) is 3.01. The summed E-state index contributed by atoms with van der Waals surface area (Å²) in [5, 5.41) is 10.9. The summed E-state index contributed by atoms with van der Waals surface area (Å²) in [5.74, 6) is -1.52. The van der Waals surface area contributed by atoms with Crippen LogP contribution >= 0.6 is 0 Å². The molecule has 6 nitrogen and oxygen atoms in total.